The van der Waals surface area contributed by atoms with Crippen LogP contribution in [0, 0.1) is 10.1 Å². The quantitative estimate of drug-likeness (QED) is 0.480. The van der Waals surface area contributed by atoms with Gasteiger partial charge in [-0.05, 0) is 36.8 Å². The first-order valence-corrected chi connectivity index (χ1v) is 7.05. The van der Waals surface area contributed by atoms with Gasteiger partial charge in [0.1, 0.15) is 0 Å². The van der Waals surface area contributed by atoms with Crippen LogP contribution in [0.25, 0.3) is 0 Å². The number of hydrogen-bond donors (Lipinski definition) is 2. The summed E-state index contributed by atoms with van der Waals surface area (Å²) in [5.41, 5.74) is 2.76. The molecule has 2 aromatic rings. The number of nitrogens with zero attached hydrogens (tertiary/aromatic N) is 2. The van der Waals surface area contributed by atoms with Crippen LogP contribution in [0.2, 0.25) is 0 Å². The topological polar surface area (TPSA) is 114 Å². The molecule has 0 heterocycles. The van der Waals surface area contributed by atoms with E-state index >= 15 is 0 Å². The Morgan fingerprint density at radius 1 is 1.38 bits per heavy atom. The van der Waals surface area contributed by atoms with Gasteiger partial charge < -0.3 is 9.84 Å². The number of non-ortho nitro benzene ring substituents is 1. The summed E-state index contributed by atoms with van der Waals surface area (Å²) in [4.78, 5) is 22.0. The van der Waals surface area contributed by atoms with Crippen molar-refractivity contribution in [2.24, 2.45) is 5.10 Å². The largest absolute Gasteiger partial charge is 0.504 e. The highest BCUT2D eigenvalue weighted by Crippen LogP contribution is 2.26. The van der Waals surface area contributed by atoms with Gasteiger partial charge in [-0.25, -0.2) is 5.43 Å². The van der Waals surface area contributed by atoms with Crippen molar-refractivity contribution in [2.45, 2.75) is 6.92 Å². The molecule has 1 amide bonds. The summed E-state index contributed by atoms with van der Waals surface area (Å²) in [6.07, 6.45) is 1.34. The molecular weight excluding hydrogens is 314 g/mol. The number of rotatable bonds is 6. The lowest BCUT2D eigenvalue weighted by atomic mass is 10.2. The molecule has 2 aromatic carbocycles. The third kappa shape index (κ3) is 4.29. The van der Waals surface area contributed by atoms with Crippen molar-refractivity contribution in [3.05, 3.63) is 63.7 Å². The van der Waals surface area contributed by atoms with Crippen molar-refractivity contribution >= 4 is 17.8 Å². The Kier molecular flexibility index (Phi) is 5.45. The number of carbonyl (C=O) groups excluding carboxylic acids is 1. The number of nitro benzene ring substituents is 1. The summed E-state index contributed by atoms with van der Waals surface area (Å²) in [7, 11) is 0. The first kappa shape index (κ1) is 16.9. The molecule has 8 heteroatoms. The molecule has 24 heavy (non-hydrogen) atoms. The maximum atomic E-state index is 11.9. The third-order valence-corrected chi connectivity index (χ3v) is 2.98. The summed E-state index contributed by atoms with van der Waals surface area (Å²) < 4.78 is 5.20. The van der Waals surface area contributed by atoms with E-state index in [-0.39, 0.29) is 17.0 Å². The molecule has 0 saturated heterocycles. The van der Waals surface area contributed by atoms with Crippen molar-refractivity contribution in [1.82, 2.24) is 5.43 Å². The van der Waals surface area contributed by atoms with E-state index < -0.39 is 10.8 Å². The minimum atomic E-state index is -0.581. The van der Waals surface area contributed by atoms with Gasteiger partial charge in [0.25, 0.3) is 11.6 Å². The van der Waals surface area contributed by atoms with Gasteiger partial charge >= 0.3 is 0 Å². The fourth-order valence-electron chi connectivity index (χ4n) is 1.88. The summed E-state index contributed by atoms with van der Waals surface area (Å²) in [5, 5.41) is 24.2. The second kappa shape index (κ2) is 7.73. The number of carbonyl (C=O) groups is 1. The van der Waals surface area contributed by atoms with E-state index in [2.05, 4.69) is 10.5 Å². The van der Waals surface area contributed by atoms with Gasteiger partial charge in [0, 0.05) is 17.7 Å². The molecule has 0 radical (unpaired) electrons. The van der Waals surface area contributed by atoms with Crippen LogP contribution in [-0.4, -0.2) is 28.8 Å². The van der Waals surface area contributed by atoms with Crippen molar-refractivity contribution in [3.63, 3.8) is 0 Å². The highest BCUT2D eigenvalue weighted by Gasteiger charge is 2.10. The highest BCUT2D eigenvalue weighted by molar-refractivity contribution is 5.95. The number of amides is 1. The summed E-state index contributed by atoms with van der Waals surface area (Å²) in [5.74, 6) is -0.258. The van der Waals surface area contributed by atoms with Crippen LogP contribution in [0.1, 0.15) is 22.8 Å². The van der Waals surface area contributed by atoms with E-state index in [1.165, 1.54) is 30.5 Å². The van der Waals surface area contributed by atoms with Gasteiger partial charge in [-0.15, -0.1) is 0 Å². The van der Waals surface area contributed by atoms with E-state index in [9.17, 15) is 20.0 Å². The van der Waals surface area contributed by atoms with Crippen molar-refractivity contribution < 1.29 is 19.6 Å². The second-order valence-electron chi connectivity index (χ2n) is 4.67. The van der Waals surface area contributed by atoms with Crippen LogP contribution in [0.3, 0.4) is 0 Å². The molecule has 0 aliphatic rings. The van der Waals surface area contributed by atoms with E-state index in [0.717, 1.165) is 6.07 Å². The molecule has 124 valence electrons. The molecule has 2 N–H and O–H groups in total. The lowest BCUT2D eigenvalue weighted by Gasteiger charge is -2.05. The van der Waals surface area contributed by atoms with Crippen LogP contribution in [0.15, 0.2) is 47.6 Å². The Morgan fingerprint density at radius 2 is 2.17 bits per heavy atom. The smallest absolute Gasteiger partial charge is 0.271 e. The molecule has 0 fully saturated rings. The SMILES string of the molecule is CCOc1ccc(C=NNC(=O)c2cccc([N+](=O)[O-])c2)cc1O. The molecule has 0 saturated carbocycles. The number of phenols is 1. The van der Waals surface area contributed by atoms with Gasteiger partial charge in [0.15, 0.2) is 11.5 Å². The monoisotopic (exact) mass is 329 g/mol. The highest BCUT2D eigenvalue weighted by atomic mass is 16.6. The molecule has 0 bridgehead atoms. The molecule has 2 rings (SSSR count). The van der Waals surface area contributed by atoms with Gasteiger partial charge in [0.05, 0.1) is 17.7 Å². The molecule has 0 aliphatic carbocycles. The van der Waals surface area contributed by atoms with Gasteiger partial charge in [-0.2, -0.15) is 5.10 Å². The van der Waals surface area contributed by atoms with Crippen molar-refractivity contribution in [1.29, 1.82) is 0 Å². The fourth-order valence-corrected chi connectivity index (χ4v) is 1.88. The minimum Gasteiger partial charge on any atom is -0.504 e. The number of nitro groups is 1. The summed E-state index contributed by atoms with van der Waals surface area (Å²) in [6.45, 7) is 2.23. The average Bonchev–Trinajstić information content (AvgIpc) is 2.57. The van der Waals surface area contributed by atoms with Gasteiger partial charge in [0.2, 0.25) is 0 Å². The Labute approximate surface area is 137 Å². The van der Waals surface area contributed by atoms with Gasteiger partial charge in [-0.3, -0.25) is 14.9 Å². The third-order valence-electron chi connectivity index (χ3n) is 2.98. The Hall–Kier alpha value is -3.42. The zero-order valence-corrected chi connectivity index (χ0v) is 12.8. The van der Waals surface area contributed by atoms with Crippen LogP contribution >= 0.6 is 0 Å². The lowest BCUT2D eigenvalue weighted by Crippen LogP contribution is -2.17. The van der Waals surface area contributed by atoms with Gasteiger partial charge in [-0.1, -0.05) is 6.07 Å². The summed E-state index contributed by atoms with van der Waals surface area (Å²) in [6, 6.07) is 10.0. The molecule has 0 aromatic heterocycles. The van der Waals surface area contributed by atoms with Crippen molar-refractivity contribution in [2.75, 3.05) is 6.61 Å². The first-order valence-electron chi connectivity index (χ1n) is 7.05. The van der Waals surface area contributed by atoms with Crippen LogP contribution in [0.4, 0.5) is 5.69 Å². The molecule has 0 unspecified atom stereocenters. The number of hydrazone groups is 1. The Morgan fingerprint density at radius 3 is 2.83 bits per heavy atom. The van der Waals surface area contributed by atoms with Crippen LogP contribution < -0.4 is 10.2 Å². The number of benzene rings is 2. The number of hydrogen-bond acceptors (Lipinski definition) is 6. The van der Waals surface area contributed by atoms with Crippen LogP contribution in [0.5, 0.6) is 11.5 Å². The minimum absolute atomic E-state index is 0.0363. The zero-order chi connectivity index (χ0) is 17.5. The molecule has 8 nitrogen and oxygen atoms in total. The maximum absolute atomic E-state index is 11.9. The summed E-state index contributed by atoms with van der Waals surface area (Å²) >= 11 is 0. The standard InChI is InChI=1S/C16H15N3O5/c1-2-24-15-7-6-11(8-14(15)20)10-17-18-16(21)12-4-3-5-13(9-12)19(22)23/h3-10,20H,2H2,1H3,(H,18,21). The Bertz CT molecular complexity index is 789. The maximum Gasteiger partial charge on any atom is 0.271 e. The number of nitrogens with one attached hydrogen (secondary N) is 1. The second-order valence-corrected chi connectivity index (χ2v) is 4.67. The fraction of sp³-hybridized carbons (Fsp3) is 0.125. The predicted octanol–water partition coefficient (Wildman–Crippen LogP) is 2.46. The Balaban J connectivity index is 2.03. The predicted molar refractivity (Wildman–Crippen MR) is 87.4 cm³/mol. The number of aromatic hydroxyl groups is 1. The van der Waals surface area contributed by atoms with E-state index in [0.29, 0.717) is 17.9 Å². The number of ether oxygens (including phenoxy) is 1. The lowest BCUT2D eigenvalue weighted by molar-refractivity contribution is -0.384. The van der Waals surface area contributed by atoms with Crippen molar-refractivity contribution in [3.8, 4) is 11.5 Å². The molecular formula is C16H15N3O5. The van der Waals surface area contributed by atoms with Crippen LogP contribution in [-0.2, 0) is 0 Å². The van der Waals surface area contributed by atoms with E-state index in [4.69, 9.17) is 4.74 Å². The average molecular weight is 329 g/mol. The number of phenolic OH excluding ortho intramolecular Hbond substituents is 1. The first-order chi connectivity index (χ1) is 11.5. The van der Waals surface area contributed by atoms with E-state index in [1.54, 1.807) is 19.1 Å². The molecule has 0 aliphatic heterocycles. The molecule has 0 spiro atoms. The van der Waals surface area contributed by atoms with E-state index in [1.807, 2.05) is 0 Å². The normalized spacial score (nSPS) is 10.5. The zero-order valence-electron chi connectivity index (χ0n) is 12.8. The molecule has 0 atom stereocenters.